The molecule has 0 amide bonds. The molecule has 4 heteroatoms. The molecule has 0 aliphatic heterocycles. The Hall–Kier alpha value is -2.20. The third-order valence-corrected chi connectivity index (χ3v) is 3.10. The minimum Gasteiger partial charge on any atom is -0.493 e. The first-order chi connectivity index (χ1) is 10.3. The van der Waals surface area contributed by atoms with Gasteiger partial charge in [-0.3, -0.25) is 0 Å². The van der Waals surface area contributed by atoms with Crippen molar-refractivity contribution >= 4 is 0 Å². The lowest BCUT2D eigenvalue weighted by Gasteiger charge is -2.14. The van der Waals surface area contributed by atoms with Gasteiger partial charge in [-0.2, -0.15) is 0 Å². The molecule has 1 N–H and O–H groups in total. The maximum absolute atomic E-state index is 5.91. The monoisotopic (exact) mass is 287 g/mol. The van der Waals surface area contributed by atoms with Crippen molar-refractivity contribution in [3.05, 3.63) is 48.0 Å². The van der Waals surface area contributed by atoms with Crippen LogP contribution in [0.5, 0.6) is 23.0 Å². The summed E-state index contributed by atoms with van der Waals surface area (Å²) < 4.78 is 16.6. The third kappa shape index (κ3) is 3.89. The topological polar surface area (TPSA) is 39.7 Å². The van der Waals surface area contributed by atoms with E-state index < -0.39 is 0 Å². The number of nitrogens with one attached hydrogen (secondary N) is 1. The minimum atomic E-state index is 0.585. The quantitative estimate of drug-likeness (QED) is 0.844. The van der Waals surface area contributed by atoms with E-state index >= 15 is 0 Å². The van der Waals surface area contributed by atoms with Gasteiger partial charge in [0.15, 0.2) is 11.5 Å². The smallest absolute Gasteiger partial charge is 0.210 e. The normalized spacial score (nSPS) is 10.2. The molecule has 0 bridgehead atoms. The third-order valence-electron chi connectivity index (χ3n) is 3.10. The first kappa shape index (κ1) is 15.2. The predicted octanol–water partition coefficient (Wildman–Crippen LogP) is 3.61. The number of para-hydroxylation sites is 1. The highest BCUT2D eigenvalue weighted by Gasteiger charge is 2.12. The van der Waals surface area contributed by atoms with Crippen LogP contribution in [-0.2, 0) is 6.54 Å². The van der Waals surface area contributed by atoms with E-state index in [1.807, 2.05) is 42.5 Å². The number of rotatable bonds is 7. The van der Waals surface area contributed by atoms with E-state index in [0.29, 0.717) is 17.2 Å². The van der Waals surface area contributed by atoms with Crippen molar-refractivity contribution in [2.45, 2.75) is 13.5 Å². The van der Waals surface area contributed by atoms with E-state index in [9.17, 15) is 0 Å². The molecule has 4 nitrogen and oxygen atoms in total. The van der Waals surface area contributed by atoms with Gasteiger partial charge in [-0.1, -0.05) is 25.1 Å². The number of benzene rings is 2. The predicted molar refractivity (Wildman–Crippen MR) is 83.4 cm³/mol. The SMILES string of the molecule is CCNCc1ccc(Oc2c(OC)cccc2OC)cc1. The molecule has 2 aromatic rings. The Morgan fingerprint density at radius 3 is 2.05 bits per heavy atom. The molecule has 0 atom stereocenters. The second-order valence-corrected chi connectivity index (χ2v) is 4.52. The maximum Gasteiger partial charge on any atom is 0.210 e. The summed E-state index contributed by atoms with van der Waals surface area (Å²) in [6.07, 6.45) is 0. The zero-order valence-corrected chi connectivity index (χ0v) is 12.7. The molecule has 0 heterocycles. The summed E-state index contributed by atoms with van der Waals surface area (Å²) in [5.74, 6) is 2.62. The van der Waals surface area contributed by atoms with Gasteiger partial charge in [-0.05, 0) is 36.4 Å². The molecule has 0 radical (unpaired) electrons. The molecule has 0 aromatic heterocycles. The Morgan fingerprint density at radius 2 is 1.52 bits per heavy atom. The van der Waals surface area contributed by atoms with E-state index in [4.69, 9.17) is 14.2 Å². The maximum atomic E-state index is 5.91. The van der Waals surface area contributed by atoms with E-state index in [0.717, 1.165) is 18.8 Å². The lowest BCUT2D eigenvalue weighted by Crippen LogP contribution is -2.11. The molecule has 2 aromatic carbocycles. The van der Waals surface area contributed by atoms with Gasteiger partial charge in [-0.15, -0.1) is 0 Å². The van der Waals surface area contributed by atoms with Crippen LogP contribution in [0, 0.1) is 0 Å². The van der Waals surface area contributed by atoms with Crippen LogP contribution in [0.25, 0.3) is 0 Å². The van der Waals surface area contributed by atoms with Gasteiger partial charge < -0.3 is 19.5 Å². The highest BCUT2D eigenvalue weighted by molar-refractivity contribution is 5.53. The van der Waals surface area contributed by atoms with E-state index in [1.165, 1.54) is 5.56 Å². The van der Waals surface area contributed by atoms with Crippen LogP contribution in [-0.4, -0.2) is 20.8 Å². The molecular formula is C17H21NO3. The summed E-state index contributed by atoms with van der Waals surface area (Å²) in [7, 11) is 3.22. The van der Waals surface area contributed by atoms with Gasteiger partial charge in [0.2, 0.25) is 5.75 Å². The highest BCUT2D eigenvalue weighted by atomic mass is 16.5. The summed E-state index contributed by atoms with van der Waals surface area (Å²) in [6, 6.07) is 13.5. The van der Waals surface area contributed by atoms with Crippen molar-refractivity contribution in [2.75, 3.05) is 20.8 Å². The van der Waals surface area contributed by atoms with Crippen LogP contribution in [0.2, 0.25) is 0 Å². The molecule has 0 aliphatic carbocycles. The van der Waals surface area contributed by atoms with Crippen LogP contribution < -0.4 is 19.5 Å². The van der Waals surface area contributed by atoms with Gasteiger partial charge >= 0.3 is 0 Å². The Labute approximate surface area is 125 Å². The average molecular weight is 287 g/mol. The van der Waals surface area contributed by atoms with Crippen molar-refractivity contribution in [1.82, 2.24) is 5.32 Å². The molecule has 0 saturated heterocycles. The van der Waals surface area contributed by atoms with Crippen molar-refractivity contribution in [3.63, 3.8) is 0 Å². The number of ether oxygens (including phenoxy) is 3. The summed E-state index contributed by atoms with van der Waals surface area (Å²) in [5.41, 5.74) is 1.22. The molecule has 21 heavy (non-hydrogen) atoms. The van der Waals surface area contributed by atoms with Crippen LogP contribution in [0.1, 0.15) is 12.5 Å². The highest BCUT2D eigenvalue weighted by Crippen LogP contribution is 2.39. The Balaban J connectivity index is 2.18. The molecule has 2 rings (SSSR count). The number of methoxy groups -OCH3 is 2. The molecular weight excluding hydrogens is 266 g/mol. The van der Waals surface area contributed by atoms with E-state index in [2.05, 4.69) is 12.2 Å². The average Bonchev–Trinajstić information content (AvgIpc) is 2.54. The number of hydrogen-bond acceptors (Lipinski definition) is 4. The largest absolute Gasteiger partial charge is 0.493 e. The zero-order chi connectivity index (χ0) is 15.1. The lowest BCUT2D eigenvalue weighted by molar-refractivity contribution is 0.346. The molecule has 0 spiro atoms. The van der Waals surface area contributed by atoms with Crippen molar-refractivity contribution in [3.8, 4) is 23.0 Å². The molecule has 0 saturated carbocycles. The fraction of sp³-hybridized carbons (Fsp3) is 0.294. The zero-order valence-electron chi connectivity index (χ0n) is 12.7. The summed E-state index contributed by atoms with van der Waals surface area (Å²) >= 11 is 0. The molecule has 112 valence electrons. The van der Waals surface area contributed by atoms with Gasteiger partial charge in [0.05, 0.1) is 14.2 Å². The van der Waals surface area contributed by atoms with Gasteiger partial charge in [0, 0.05) is 6.54 Å². The fourth-order valence-corrected chi connectivity index (χ4v) is 1.98. The lowest BCUT2D eigenvalue weighted by atomic mass is 10.2. The first-order valence-corrected chi connectivity index (χ1v) is 6.97. The van der Waals surface area contributed by atoms with Crippen molar-refractivity contribution in [1.29, 1.82) is 0 Å². The van der Waals surface area contributed by atoms with Crippen LogP contribution in [0.15, 0.2) is 42.5 Å². The number of hydrogen-bond donors (Lipinski definition) is 1. The van der Waals surface area contributed by atoms with Crippen LogP contribution >= 0.6 is 0 Å². The minimum absolute atomic E-state index is 0.585. The molecule has 0 unspecified atom stereocenters. The van der Waals surface area contributed by atoms with E-state index in [-0.39, 0.29) is 0 Å². The van der Waals surface area contributed by atoms with Gasteiger partial charge in [0.25, 0.3) is 0 Å². The standard InChI is InChI=1S/C17H21NO3/c1-4-18-12-13-8-10-14(11-9-13)21-17-15(19-2)6-5-7-16(17)20-3/h5-11,18H,4,12H2,1-3H3. The van der Waals surface area contributed by atoms with E-state index in [1.54, 1.807) is 14.2 Å². The van der Waals surface area contributed by atoms with Gasteiger partial charge in [0.1, 0.15) is 5.75 Å². The summed E-state index contributed by atoms with van der Waals surface area (Å²) in [6.45, 7) is 3.90. The van der Waals surface area contributed by atoms with Crippen LogP contribution in [0.4, 0.5) is 0 Å². The second-order valence-electron chi connectivity index (χ2n) is 4.52. The van der Waals surface area contributed by atoms with Gasteiger partial charge in [-0.25, -0.2) is 0 Å². The molecule has 0 fully saturated rings. The summed E-state index contributed by atoms with van der Waals surface area (Å²) in [5, 5.41) is 3.29. The second kappa shape index (κ2) is 7.55. The first-order valence-electron chi connectivity index (χ1n) is 6.97. The summed E-state index contributed by atoms with van der Waals surface area (Å²) in [4.78, 5) is 0. The molecule has 0 aliphatic rings. The Bertz CT molecular complexity index is 544. The Morgan fingerprint density at radius 1 is 0.905 bits per heavy atom. The Kier molecular flexibility index (Phi) is 5.46. The fourth-order valence-electron chi connectivity index (χ4n) is 1.98. The van der Waals surface area contributed by atoms with Crippen molar-refractivity contribution < 1.29 is 14.2 Å². The van der Waals surface area contributed by atoms with Crippen LogP contribution in [0.3, 0.4) is 0 Å². The van der Waals surface area contributed by atoms with Crippen molar-refractivity contribution in [2.24, 2.45) is 0 Å².